The summed E-state index contributed by atoms with van der Waals surface area (Å²) in [5, 5.41) is 2.88. The molecule has 6 heteroatoms. The van der Waals surface area contributed by atoms with Gasteiger partial charge in [-0.05, 0) is 35.7 Å². The minimum atomic E-state index is -0.590. The maximum Gasteiger partial charge on any atom is 0.307 e. The van der Waals surface area contributed by atoms with Crippen LogP contribution in [0, 0.1) is 11.7 Å². The Morgan fingerprint density at radius 2 is 1.96 bits per heavy atom. The maximum absolute atomic E-state index is 13.2. The van der Waals surface area contributed by atoms with Crippen LogP contribution in [0.3, 0.4) is 0 Å². The summed E-state index contributed by atoms with van der Waals surface area (Å²) in [5.41, 5.74) is 1.62. The van der Waals surface area contributed by atoms with Gasteiger partial charge in [-0.3, -0.25) is 9.59 Å². The molecule has 2 aromatic rings. The van der Waals surface area contributed by atoms with Crippen molar-refractivity contribution in [2.75, 3.05) is 13.7 Å². The summed E-state index contributed by atoms with van der Waals surface area (Å²) in [5.74, 6) is -0.608. The molecule has 0 radical (unpaired) electrons. The third-order valence-electron chi connectivity index (χ3n) is 4.44. The molecule has 0 bridgehead atoms. The Morgan fingerprint density at radius 3 is 2.69 bits per heavy atom. The molecule has 1 N–H and O–H groups in total. The van der Waals surface area contributed by atoms with Crippen molar-refractivity contribution in [1.29, 1.82) is 0 Å². The molecule has 2 aromatic carbocycles. The van der Waals surface area contributed by atoms with Crippen molar-refractivity contribution in [1.82, 2.24) is 5.32 Å². The largest absolute Gasteiger partial charge is 0.492 e. The van der Waals surface area contributed by atoms with Crippen LogP contribution in [0.2, 0.25) is 0 Å². The molecule has 3 rings (SSSR count). The highest BCUT2D eigenvalue weighted by atomic mass is 19.1. The van der Waals surface area contributed by atoms with E-state index in [1.807, 2.05) is 24.3 Å². The van der Waals surface area contributed by atoms with Crippen LogP contribution in [0.15, 0.2) is 48.5 Å². The monoisotopic (exact) mass is 357 g/mol. The molecule has 136 valence electrons. The van der Waals surface area contributed by atoms with Crippen molar-refractivity contribution >= 4 is 11.9 Å². The van der Waals surface area contributed by atoms with Gasteiger partial charge in [0.15, 0.2) is 0 Å². The van der Waals surface area contributed by atoms with Gasteiger partial charge in [0.2, 0.25) is 5.91 Å². The molecule has 0 saturated carbocycles. The zero-order valence-electron chi connectivity index (χ0n) is 14.4. The van der Waals surface area contributed by atoms with Crippen LogP contribution < -0.4 is 10.1 Å². The number of halogens is 1. The lowest BCUT2D eigenvalue weighted by molar-refractivity contribution is -0.141. The van der Waals surface area contributed by atoms with E-state index in [2.05, 4.69) is 5.32 Å². The Morgan fingerprint density at radius 1 is 1.23 bits per heavy atom. The molecule has 26 heavy (non-hydrogen) atoms. The first kappa shape index (κ1) is 17.9. The second-order valence-electron chi connectivity index (χ2n) is 6.21. The predicted octanol–water partition coefficient (Wildman–Crippen LogP) is 2.80. The molecule has 2 atom stereocenters. The summed E-state index contributed by atoms with van der Waals surface area (Å²) >= 11 is 0. The van der Waals surface area contributed by atoms with Crippen LogP contribution in [0.1, 0.15) is 23.6 Å². The molecule has 0 unspecified atom stereocenters. The minimum absolute atomic E-state index is 0.0297. The number of benzene rings is 2. The molecule has 1 heterocycles. The fourth-order valence-electron chi connectivity index (χ4n) is 2.98. The van der Waals surface area contributed by atoms with E-state index in [-0.39, 0.29) is 30.7 Å². The molecule has 1 amide bonds. The summed E-state index contributed by atoms with van der Waals surface area (Å²) in [6, 6.07) is 12.7. The Labute approximate surface area is 151 Å². The summed E-state index contributed by atoms with van der Waals surface area (Å²) in [7, 11) is 1.29. The van der Waals surface area contributed by atoms with E-state index in [1.165, 1.54) is 19.2 Å². The number of hydrogen-bond acceptors (Lipinski definition) is 4. The van der Waals surface area contributed by atoms with Gasteiger partial charge < -0.3 is 14.8 Å². The van der Waals surface area contributed by atoms with Gasteiger partial charge in [-0.2, -0.15) is 0 Å². The lowest BCUT2D eigenvalue weighted by Gasteiger charge is -2.27. The second kappa shape index (κ2) is 7.99. The lowest BCUT2D eigenvalue weighted by atomic mass is 9.95. The van der Waals surface area contributed by atoms with Gasteiger partial charge in [0.25, 0.3) is 0 Å². The number of carbonyl (C=O) groups excluding carboxylic acids is 2. The summed E-state index contributed by atoms with van der Waals surface area (Å²) in [4.78, 5) is 24.4. The van der Waals surface area contributed by atoms with Crippen LogP contribution in [0.4, 0.5) is 4.39 Å². The van der Waals surface area contributed by atoms with E-state index in [0.717, 1.165) is 11.3 Å². The molecule has 1 aliphatic heterocycles. The molecular weight excluding hydrogens is 337 g/mol. The fourth-order valence-corrected chi connectivity index (χ4v) is 2.98. The number of esters is 1. The number of para-hydroxylation sites is 1. The quantitative estimate of drug-likeness (QED) is 0.836. The minimum Gasteiger partial charge on any atom is -0.492 e. The first-order chi connectivity index (χ1) is 12.6. The van der Waals surface area contributed by atoms with E-state index < -0.39 is 12.0 Å². The Kier molecular flexibility index (Phi) is 5.51. The van der Waals surface area contributed by atoms with E-state index in [1.54, 1.807) is 12.1 Å². The Bertz CT molecular complexity index is 791. The van der Waals surface area contributed by atoms with Crippen molar-refractivity contribution in [2.24, 2.45) is 5.92 Å². The van der Waals surface area contributed by atoms with Crippen molar-refractivity contribution in [3.05, 3.63) is 65.5 Å². The maximum atomic E-state index is 13.2. The predicted molar refractivity (Wildman–Crippen MR) is 93.0 cm³/mol. The fraction of sp³-hybridized carbons (Fsp3) is 0.300. The summed E-state index contributed by atoms with van der Waals surface area (Å²) < 4.78 is 23.5. The molecule has 1 aliphatic rings. The Hall–Kier alpha value is -2.89. The number of carbonyl (C=O) groups is 2. The zero-order chi connectivity index (χ0) is 18.5. The van der Waals surface area contributed by atoms with Crippen molar-refractivity contribution in [2.45, 2.75) is 18.9 Å². The number of nitrogens with one attached hydrogen (secondary N) is 1. The zero-order valence-corrected chi connectivity index (χ0v) is 14.4. The number of amides is 1. The van der Waals surface area contributed by atoms with Crippen LogP contribution in [0.5, 0.6) is 5.75 Å². The number of hydrogen-bond donors (Lipinski definition) is 1. The standard InChI is InChI=1S/C20H20FNO4/c1-25-19(23)11-17(13-6-8-16(21)9-7-13)22-20(24)15-10-14-4-2-3-5-18(14)26-12-15/h2-9,15,17H,10-12H2,1H3,(H,22,24)/t15-,17-/m0/s1. The van der Waals surface area contributed by atoms with Gasteiger partial charge >= 0.3 is 5.97 Å². The highest BCUT2D eigenvalue weighted by Gasteiger charge is 2.28. The van der Waals surface area contributed by atoms with Crippen LogP contribution in [-0.4, -0.2) is 25.6 Å². The highest BCUT2D eigenvalue weighted by molar-refractivity contribution is 5.81. The van der Waals surface area contributed by atoms with Crippen molar-refractivity contribution in [3.8, 4) is 5.75 Å². The van der Waals surface area contributed by atoms with Crippen molar-refractivity contribution in [3.63, 3.8) is 0 Å². The molecule has 0 fully saturated rings. The van der Waals surface area contributed by atoms with Gasteiger partial charge in [-0.15, -0.1) is 0 Å². The second-order valence-corrected chi connectivity index (χ2v) is 6.21. The summed E-state index contributed by atoms with van der Waals surface area (Å²) in [6.07, 6.45) is 0.536. The molecular formula is C20H20FNO4. The van der Waals surface area contributed by atoms with E-state index in [9.17, 15) is 14.0 Å². The van der Waals surface area contributed by atoms with Crippen LogP contribution in [-0.2, 0) is 20.7 Å². The number of rotatable bonds is 5. The van der Waals surface area contributed by atoms with E-state index >= 15 is 0 Å². The Balaban J connectivity index is 1.73. The smallest absolute Gasteiger partial charge is 0.307 e. The number of ether oxygens (including phenoxy) is 2. The van der Waals surface area contributed by atoms with Gasteiger partial charge in [-0.1, -0.05) is 30.3 Å². The highest BCUT2D eigenvalue weighted by Crippen LogP contribution is 2.27. The SMILES string of the molecule is COC(=O)C[C@H](NC(=O)[C@@H]1COc2ccccc2C1)c1ccc(F)cc1. The molecule has 0 saturated heterocycles. The van der Waals surface area contributed by atoms with Crippen LogP contribution >= 0.6 is 0 Å². The molecule has 0 aromatic heterocycles. The third-order valence-corrected chi connectivity index (χ3v) is 4.44. The van der Waals surface area contributed by atoms with Gasteiger partial charge in [0.1, 0.15) is 18.2 Å². The first-order valence-corrected chi connectivity index (χ1v) is 8.40. The normalized spacial score (nSPS) is 16.8. The molecule has 0 spiro atoms. The van der Waals surface area contributed by atoms with Crippen molar-refractivity contribution < 1.29 is 23.5 Å². The number of fused-ring (bicyclic) bond motifs is 1. The average molecular weight is 357 g/mol. The molecule has 0 aliphatic carbocycles. The molecule has 5 nitrogen and oxygen atoms in total. The van der Waals surface area contributed by atoms with Crippen LogP contribution in [0.25, 0.3) is 0 Å². The lowest BCUT2D eigenvalue weighted by Crippen LogP contribution is -2.40. The number of methoxy groups -OCH3 is 1. The topological polar surface area (TPSA) is 64.6 Å². The average Bonchev–Trinajstić information content (AvgIpc) is 2.67. The first-order valence-electron chi connectivity index (χ1n) is 8.40. The summed E-state index contributed by atoms with van der Waals surface area (Å²) in [6.45, 7) is 0.275. The van der Waals surface area contributed by atoms with E-state index in [4.69, 9.17) is 9.47 Å². The third kappa shape index (κ3) is 4.20. The van der Waals surface area contributed by atoms with Gasteiger partial charge in [0.05, 0.1) is 25.5 Å². The van der Waals surface area contributed by atoms with Gasteiger partial charge in [-0.25, -0.2) is 4.39 Å². The van der Waals surface area contributed by atoms with E-state index in [0.29, 0.717) is 12.0 Å². The van der Waals surface area contributed by atoms with Gasteiger partial charge in [0, 0.05) is 0 Å².